The average Bonchev–Trinajstić information content (AvgIpc) is 2.60. The van der Waals surface area contributed by atoms with Crippen LogP contribution in [0.3, 0.4) is 0 Å². The van der Waals surface area contributed by atoms with E-state index in [0.717, 1.165) is 36.7 Å². The molecule has 142 valence electrons. The Kier molecular flexibility index (Phi) is 6.83. The van der Waals surface area contributed by atoms with Crippen LogP contribution in [0.15, 0.2) is 30.5 Å². The third-order valence-corrected chi connectivity index (χ3v) is 4.00. The maximum atomic E-state index is 13.2. The third-order valence-electron chi connectivity index (χ3n) is 4.00. The standard InChI is InChI=1S/C19H24F3N3O/c1-4-5-6-7-12-26-17-16(19(20,21)22)13-23-18(24-17)25(3)15-10-8-14(2)9-11-15/h8-11,13H,4-7,12H2,1-3H3. The van der Waals surface area contributed by atoms with E-state index in [2.05, 4.69) is 16.9 Å². The SMILES string of the molecule is CCCCCCOc1nc(N(C)c2ccc(C)cc2)ncc1C(F)(F)F. The van der Waals surface area contributed by atoms with Gasteiger partial charge in [-0.15, -0.1) is 0 Å². The van der Waals surface area contributed by atoms with E-state index in [9.17, 15) is 13.2 Å². The molecular formula is C19H24F3N3O. The van der Waals surface area contributed by atoms with Gasteiger partial charge in [0.25, 0.3) is 0 Å². The number of hydrogen-bond acceptors (Lipinski definition) is 4. The molecule has 26 heavy (non-hydrogen) atoms. The van der Waals surface area contributed by atoms with Crippen molar-refractivity contribution in [2.45, 2.75) is 45.7 Å². The molecule has 1 heterocycles. The van der Waals surface area contributed by atoms with Crippen LogP contribution < -0.4 is 9.64 Å². The largest absolute Gasteiger partial charge is 0.477 e. The zero-order chi connectivity index (χ0) is 19.2. The van der Waals surface area contributed by atoms with Gasteiger partial charge in [0.05, 0.1) is 6.61 Å². The molecule has 0 saturated carbocycles. The van der Waals surface area contributed by atoms with E-state index in [0.29, 0.717) is 6.42 Å². The van der Waals surface area contributed by atoms with Crippen LogP contribution in [0.5, 0.6) is 5.88 Å². The zero-order valence-electron chi connectivity index (χ0n) is 15.3. The molecule has 0 saturated heterocycles. The minimum absolute atomic E-state index is 0.158. The van der Waals surface area contributed by atoms with Crippen LogP contribution in [-0.2, 0) is 6.18 Å². The molecule has 2 aromatic rings. The highest BCUT2D eigenvalue weighted by atomic mass is 19.4. The van der Waals surface area contributed by atoms with Gasteiger partial charge in [0.2, 0.25) is 11.8 Å². The predicted molar refractivity (Wildman–Crippen MR) is 95.9 cm³/mol. The summed E-state index contributed by atoms with van der Waals surface area (Å²) in [7, 11) is 1.71. The molecule has 1 aromatic carbocycles. The van der Waals surface area contributed by atoms with Crippen molar-refractivity contribution in [3.05, 3.63) is 41.6 Å². The summed E-state index contributed by atoms with van der Waals surface area (Å²) in [6.07, 6.45) is -0.0844. The number of aryl methyl sites for hydroxylation is 1. The number of anilines is 2. The van der Waals surface area contributed by atoms with Crippen LogP contribution >= 0.6 is 0 Å². The van der Waals surface area contributed by atoms with Crippen LogP contribution in [-0.4, -0.2) is 23.6 Å². The molecule has 2 rings (SSSR count). The van der Waals surface area contributed by atoms with Gasteiger partial charge in [0.1, 0.15) is 5.56 Å². The van der Waals surface area contributed by atoms with Gasteiger partial charge >= 0.3 is 6.18 Å². The minimum atomic E-state index is -4.56. The monoisotopic (exact) mass is 367 g/mol. The van der Waals surface area contributed by atoms with E-state index in [1.54, 1.807) is 11.9 Å². The number of benzene rings is 1. The number of aromatic nitrogens is 2. The van der Waals surface area contributed by atoms with Gasteiger partial charge in [0, 0.05) is 18.9 Å². The summed E-state index contributed by atoms with van der Waals surface area (Å²) in [4.78, 5) is 9.53. The maximum absolute atomic E-state index is 13.2. The molecule has 0 spiro atoms. The van der Waals surface area contributed by atoms with E-state index < -0.39 is 17.6 Å². The Bertz CT molecular complexity index is 702. The first-order valence-electron chi connectivity index (χ1n) is 8.70. The second-order valence-electron chi connectivity index (χ2n) is 6.19. The average molecular weight is 367 g/mol. The van der Waals surface area contributed by atoms with Crippen LogP contribution in [0, 0.1) is 6.92 Å². The highest BCUT2D eigenvalue weighted by Gasteiger charge is 2.36. The van der Waals surface area contributed by atoms with E-state index in [4.69, 9.17) is 4.74 Å². The Hall–Kier alpha value is -2.31. The molecule has 0 aliphatic carbocycles. The summed E-state index contributed by atoms with van der Waals surface area (Å²) in [5.74, 6) is -0.261. The van der Waals surface area contributed by atoms with Crippen molar-refractivity contribution in [3.8, 4) is 5.88 Å². The molecule has 0 unspecified atom stereocenters. The van der Waals surface area contributed by atoms with Crippen molar-refractivity contribution in [3.63, 3.8) is 0 Å². The van der Waals surface area contributed by atoms with Crippen molar-refractivity contribution < 1.29 is 17.9 Å². The molecule has 0 radical (unpaired) electrons. The topological polar surface area (TPSA) is 38.2 Å². The summed E-state index contributed by atoms with van der Waals surface area (Å²) in [6.45, 7) is 4.23. The van der Waals surface area contributed by atoms with Crippen molar-refractivity contribution in [2.24, 2.45) is 0 Å². The molecular weight excluding hydrogens is 343 g/mol. The Morgan fingerprint density at radius 3 is 2.38 bits per heavy atom. The van der Waals surface area contributed by atoms with Crippen LogP contribution in [0.2, 0.25) is 0 Å². The lowest BCUT2D eigenvalue weighted by molar-refractivity contribution is -0.139. The lowest BCUT2D eigenvalue weighted by Crippen LogP contribution is -2.17. The molecule has 4 nitrogen and oxygen atoms in total. The van der Waals surface area contributed by atoms with Gasteiger partial charge in [-0.25, -0.2) is 4.98 Å². The molecule has 0 aliphatic rings. The quantitative estimate of drug-likeness (QED) is 0.575. The Morgan fingerprint density at radius 2 is 1.77 bits per heavy atom. The highest BCUT2D eigenvalue weighted by Crippen LogP contribution is 2.36. The van der Waals surface area contributed by atoms with Crippen LogP contribution in [0.1, 0.15) is 43.7 Å². The number of unbranched alkanes of at least 4 members (excludes halogenated alkanes) is 3. The highest BCUT2D eigenvalue weighted by molar-refractivity contribution is 5.57. The van der Waals surface area contributed by atoms with Crippen molar-refractivity contribution >= 4 is 11.6 Å². The van der Waals surface area contributed by atoms with Gasteiger partial charge in [0.15, 0.2) is 0 Å². The fourth-order valence-corrected chi connectivity index (χ4v) is 2.41. The van der Waals surface area contributed by atoms with Crippen LogP contribution in [0.4, 0.5) is 24.8 Å². The van der Waals surface area contributed by atoms with E-state index in [-0.39, 0.29) is 12.6 Å². The molecule has 0 fully saturated rings. The lowest BCUT2D eigenvalue weighted by atomic mass is 10.2. The molecule has 0 N–H and O–H groups in total. The van der Waals surface area contributed by atoms with Crippen LogP contribution in [0.25, 0.3) is 0 Å². The molecule has 0 bridgehead atoms. The van der Waals surface area contributed by atoms with Crippen molar-refractivity contribution in [2.75, 3.05) is 18.6 Å². The summed E-state index contributed by atoms with van der Waals surface area (Å²) >= 11 is 0. The number of rotatable bonds is 8. The van der Waals surface area contributed by atoms with Gasteiger partial charge in [-0.1, -0.05) is 43.9 Å². The number of nitrogens with zero attached hydrogens (tertiary/aromatic N) is 3. The number of hydrogen-bond donors (Lipinski definition) is 0. The minimum Gasteiger partial charge on any atom is -0.477 e. The first kappa shape index (κ1) is 20.0. The maximum Gasteiger partial charge on any atom is 0.423 e. The molecule has 0 atom stereocenters. The van der Waals surface area contributed by atoms with Crippen molar-refractivity contribution in [1.82, 2.24) is 9.97 Å². The number of halogens is 3. The summed E-state index contributed by atoms with van der Waals surface area (Å²) in [5, 5.41) is 0. The first-order valence-corrected chi connectivity index (χ1v) is 8.70. The Morgan fingerprint density at radius 1 is 1.08 bits per heavy atom. The van der Waals surface area contributed by atoms with Crippen molar-refractivity contribution in [1.29, 1.82) is 0 Å². The van der Waals surface area contributed by atoms with Gasteiger partial charge in [-0.05, 0) is 25.5 Å². The number of ether oxygens (including phenoxy) is 1. The van der Waals surface area contributed by atoms with Gasteiger partial charge < -0.3 is 9.64 Å². The Balaban J connectivity index is 2.22. The smallest absolute Gasteiger partial charge is 0.423 e. The van der Waals surface area contributed by atoms with Gasteiger partial charge in [-0.3, -0.25) is 0 Å². The Labute approximate surface area is 152 Å². The van der Waals surface area contributed by atoms with E-state index in [1.807, 2.05) is 31.2 Å². The zero-order valence-corrected chi connectivity index (χ0v) is 15.3. The molecule has 7 heteroatoms. The van der Waals surface area contributed by atoms with Gasteiger partial charge in [-0.2, -0.15) is 18.2 Å². The summed E-state index contributed by atoms with van der Waals surface area (Å²) in [6, 6.07) is 7.56. The fourth-order valence-electron chi connectivity index (χ4n) is 2.41. The summed E-state index contributed by atoms with van der Waals surface area (Å²) in [5.41, 5.74) is 0.921. The predicted octanol–water partition coefficient (Wildman–Crippen LogP) is 5.53. The molecule has 0 aliphatic heterocycles. The first-order chi connectivity index (χ1) is 12.3. The van der Waals surface area contributed by atoms with E-state index >= 15 is 0 Å². The lowest BCUT2D eigenvalue weighted by Gasteiger charge is -2.20. The second kappa shape index (κ2) is 8.87. The molecule has 1 aromatic heterocycles. The normalized spacial score (nSPS) is 11.5. The summed E-state index contributed by atoms with van der Waals surface area (Å²) < 4.78 is 45.0. The third kappa shape index (κ3) is 5.34. The molecule has 0 amide bonds. The van der Waals surface area contributed by atoms with E-state index in [1.165, 1.54) is 0 Å². The number of alkyl halides is 3. The second-order valence-corrected chi connectivity index (χ2v) is 6.19. The fraction of sp³-hybridized carbons (Fsp3) is 0.474.